The second kappa shape index (κ2) is 11.9. The molecule has 0 aromatic heterocycles. The van der Waals surface area contributed by atoms with E-state index in [1.807, 2.05) is 12.1 Å². The number of hydrogen-bond acceptors (Lipinski definition) is 7. The van der Waals surface area contributed by atoms with Gasteiger partial charge >= 0.3 is 0 Å². The van der Waals surface area contributed by atoms with Crippen molar-refractivity contribution in [2.24, 2.45) is 11.7 Å². The van der Waals surface area contributed by atoms with Gasteiger partial charge in [-0.25, -0.2) is 5.48 Å². The van der Waals surface area contributed by atoms with Gasteiger partial charge in [-0.05, 0) is 67.9 Å². The molecule has 1 aliphatic rings. The van der Waals surface area contributed by atoms with Crippen LogP contribution >= 0.6 is 0 Å². The third kappa shape index (κ3) is 6.87. The van der Waals surface area contributed by atoms with Gasteiger partial charge in [-0.15, -0.1) is 0 Å². The molecule has 2 aromatic rings. The van der Waals surface area contributed by atoms with Crippen molar-refractivity contribution in [1.82, 2.24) is 16.1 Å². The van der Waals surface area contributed by atoms with Crippen molar-refractivity contribution < 1.29 is 24.7 Å². The van der Waals surface area contributed by atoms with Gasteiger partial charge in [0.05, 0.1) is 5.92 Å². The third-order valence-electron chi connectivity index (χ3n) is 5.34. The number of carbonyl (C=O) groups excluding carboxylic acids is 3. The number of hydrogen-bond donors (Lipinski definition) is 7. The fraction of sp³-hybridized carbons (Fsp3) is 0.292. The topological polar surface area (TPSA) is 166 Å². The average Bonchev–Trinajstić information content (AvgIpc) is 2.87. The molecule has 0 spiro atoms. The maximum Gasteiger partial charge on any atom is 0.270 e. The first kappa shape index (κ1) is 24.9. The molecule has 3 amide bonds. The molecule has 1 unspecified atom stereocenters. The van der Waals surface area contributed by atoms with E-state index in [0.29, 0.717) is 17.8 Å². The zero-order valence-corrected chi connectivity index (χ0v) is 18.4. The number of aliphatic hydroxyl groups is 1. The highest BCUT2D eigenvalue weighted by molar-refractivity contribution is 5.97. The average molecular weight is 466 g/mol. The lowest BCUT2D eigenvalue weighted by Crippen LogP contribution is -2.55. The molecule has 10 nitrogen and oxygen atoms in total. The van der Waals surface area contributed by atoms with Gasteiger partial charge in [0.15, 0.2) is 0 Å². The molecular formula is C24H27N5O5. The van der Waals surface area contributed by atoms with E-state index in [9.17, 15) is 19.5 Å². The monoisotopic (exact) mass is 465 g/mol. The van der Waals surface area contributed by atoms with Gasteiger partial charge in [0.1, 0.15) is 12.3 Å². The van der Waals surface area contributed by atoms with Crippen molar-refractivity contribution in [2.75, 3.05) is 18.4 Å². The van der Waals surface area contributed by atoms with Gasteiger partial charge in [0.2, 0.25) is 5.91 Å². The molecule has 178 valence electrons. The van der Waals surface area contributed by atoms with Gasteiger partial charge in [-0.2, -0.15) is 0 Å². The number of aliphatic hydroxyl groups excluding tert-OH is 1. The fourth-order valence-corrected chi connectivity index (χ4v) is 3.41. The van der Waals surface area contributed by atoms with E-state index >= 15 is 0 Å². The number of nitrogens with one attached hydrogen (secondary N) is 4. The Kier molecular flexibility index (Phi) is 8.73. The first-order valence-electron chi connectivity index (χ1n) is 10.8. The lowest BCUT2D eigenvalue weighted by Gasteiger charge is -2.21. The molecule has 3 atom stereocenters. The largest absolute Gasteiger partial charge is 0.376 e. The van der Waals surface area contributed by atoms with E-state index < -0.39 is 24.1 Å². The Bertz CT molecular complexity index is 1070. The SMILES string of the molecule is N[C@@H](O)[C@H](NC(=O)c1ccc(C#Cc2ccc(NC(=O)C3CCCNC3)cc2)cc1)C(=O)NO. The first-order chi connectivity index (χ1) is 16.4. The molecule has 1 heterocycles. The Morgan fingerprint density at radius 1 is 1.03 bits per heavy atom. The van der Waals surface area contributed by atoms with Crippen LogP contribution in [0.5, 0.6) is 0 Å². The molecule has 8 N–H and O–H groups in total. The van der Waals surface area contributed by atoms with Crippen LogP contribution in [0.2, 0.25) is 0 Å². The summed E-state index contributed by atoms with van der Waals surface area (Å²) >= 11 is 0. The smallest absolute Gasteiger partial charge is 0.270 e. The van der Waals surface area contributed by atoms with Crippen molar-refractivity contribution in [3.63, 3.8) is 0 Å². The molecule has 1 saturated heterocycles. The summed E-state index contributed by atoms with van der Waals surface area (Å²) in [6.45, 7) is 1.65. The summed E-state index contributed by atoms with van der Waals surface area (Å²) in [5, 5.41) is 26.5. The van der Waals surface area contributed by atoms with Crippen LogP contribution in [0, 0.1) is 17.8 Å². The van der Waals surface area contributed by atoms with Gasteiger partial charge < -0.3 is 26.8 Å². The summed E-state index contributed by atoms with van der Waals surface area (Å²) < 4.78 is 0. The Morgan fingerprint density at radius 3 is 2.18 bits per heavy atom. The number of benzene rings is 2. The maximum absolute atomic E-state index is 12.3. The number of carbonyl (C=O) groups is 3. The van der Waals surface area contributed by atoms with E-state index in [-0.39, 0.29) is 17.4 Å². The van der Waals surface area contributed by atoms with E-state index in [0.717, 1.165) is 24.9 Å². The van der Waals surface area contributed by atoms with E-state index in [1.54, 1.807) is 24.3 Å². The maximum atomic E-state index is 12.3. The molecule has 0 bridgehead atoms. The van der Waals surface area contributed by atoms with Gasteiger partial charge in [-0.3, -0.25) is 19.6 Å². The van der Waals surface area contributed by atoms with Crippen molar-refractivity contribution in [1.29, 1.82) is 0 Å². The molecule has 0 saturated carbocycles. The molecule has 34 heavy (non-hydrogen) atoms. The fourth-order valence-electron chi connectivity index (χ4n) is 3.41. The second-order valence-electron chi connectivity index (χ2n) is 7.86. The van der Waals surface area contributed by atoms with Crippen LogP contribution in [0.15, 0.2) is 48.5 Å². The number of nitrogens with two attached hydrogens (primary N) is 1. The number of hydroxylamine groups is 1. The first-order valence-corrected chi connectivity index (χ1v) is 10.8. The van der Waals surface area contributed by atoms with Crippen molar-refractivity contribution in [3.8, 4) is 11.8 Å². The summed E-state index contributed by atoms with van der Waals surface area (Å²) in [6, 6.07) is 12.0. The van der Waals surface area contributed by atoms with E-state index in [2.05, 4.69) is 27.8 Å². The number of anilines is 1. The summed E-state index contributed by atoms with van der Waals surface area (Å²) in [5.74, 6) is 4.31. The summed E-state index contributed by atoms with van der Waals surface area (Å²) in [6.07, 6.45) is 0.192. The molecule has 2 aromatic carbocycles. The summed E-state index contributed by atoms with van der Waals surface area (Å²) in [4.78, 5) is 36.1. The van der Waals surface area contributed by atoms with Crippen molar-refractivity contribution in [3.05, 3.63) is 65.2 Å². The van der Waals surface area contributed by atoms with Gasteiger partial charge in [0, 0.05) is 28.9 Å². The number of rotatable bonds is 6. The molecule has 3 rings (SSSR count). The van der Waals surface area contributed by atoms with Crippen molar-refractivity contribution in [2.45, 2.75) is 25.1 Å². The normalized spacial score (nSPS) is 16.9. The lowest BCUT2D eigenvalue weighted by molar-refractivity contribution is -0.133. The Morgan fingerprint density at radius 2 is 1.65 bits per heavy atom. The highest BCUT2D eigenvalue weighted by Crippen LogP contribution is 2.15. The van der Waals surface area contributed by atoms with E-state index in [4.69, 9.17) is 10.9 Å². The molecule has 10 heteroatoms. The van der Waals surface area contributed by atoms with Crippen LogP contribution in [0.3, 0.4) is 0 Å². The van der Waals surface area contributed by atoms with Crippen LogP contribution in [0.25, 0.3) is 0 Å². The zero-order valence-electron chi connectivity index (χ0n) is 18.4. The van der Waals surface area contributed by atoms with Crippen LogP contribution in [0.1, 0.15) is 34.3 Å². The van der Waals surface area contributed by atoms with Crippen LogP contribution < -0.4 is 27.2 Å². The van der Waals surface area contributed by atoms with E-state index in [1.165, 1.54) is 17.6 Å². The quantitative estimate of drug-likeness (QED) is 0.135. The molecule has 0 radical (unpaired) electrons. The molecule has 1 fully saturated rings. The second-order valence-corrected chi connectivity index (χ2v) is 7.86. The molecule has 1 aliphatic heterocycles. The minimum atomic E-state index is -1.69. The van der Waals surface area contributed by atoms with Crippen LogP contribution in [-0.4, -0.2) is 53.4 Å². The third-order valence-corrected chi connectivity index (χ3v) is 5.34. The molecular weight excluding hydrogens is 438 g/mol. The number of piperidine rings is 1. The highest BCUT2D eigenvalue weighted by Gasteiger charge is 2.26. The summed E-state index contributed by atoms with van der Waals surface area (Å²) in [5.41, 5.74) is 8.94. The van der Waals surface area contributed by atoms with Crippen LogP contribution in [0.4, 0.5) is 5.69 Å². The zero-order chi connectivity index (χ0) is 24.5. The number of amides is 3. The Labute approximate surface area is 196 Å². The predicted molar refractivity (Wildman–Crippen MR) is 124 cm³/mol. The van der Waals surface area contributed by atoms with Crippen molar-refractivity contribution >= 4 is 23.4 Å². The Hall–Kier alpha value is -3.75. The van der Waals surface area contributed by atoms with Crippen LogP contribution in [-0.2, 0) is 9.59 Å². The lowest BCUT2D eigenvalue weighted by atomic mass is 9.99. The van der Waals surface area contributed by atoms with Gasteiger partial charge in [0.25, 0.3) is 11.8 Å². The standard InChI is InChI=1S/C24H27N5O5/c25-21(30)20(24(33)29-34)28-22(31)17-9-5-15(6-10-17)3-4-16-7-11-19(12-8-16)27-23(32)18-2-1-13-26-14-18/h5-12,18,20-21,26,30,34H,1-2,13-14,25H2,(H,27,32)(H,28,31)(H,29,33)/t18?,20-,21-/m0/s1. The minimum Gasteiger partial charge on any atom is -0.376 e. The highest BCUT2D eigenvalue weighted by atomic mass is 16.5. The summed E-state index contributed by atoms with van der Waals surface area (Å²) in [7, 11) is 0. The molecule has 0 aliphatic carbocycles. The predicted octanol–water partition coefficient (Wildman–Crippen LogP) is -0.0946. The van der Waals surface area contributed by atoms with Gasteiger partial charge in [-0.1, -0.05) is 11.8 Å². The minimum absolute atomic E-state index is 0.0134. The Balaban J connectivity index is 1.58.